The number of nitrogens with zero attached hydrogens (tertiary/aromatic N) is 2. The third kappa shape index (κ3) is 4.57. The maximum absolute atomic E-state index is 13.1. The predicted octanol–water partition coefficient (Wildman–Crippen LogP) is 3.51. The number of carbonyl (C=O) groups is 1. The van der Waals surface area contributed by atoms with E-state index in [9.17, 15) is 14.4 Å². The molecule has 0 bridgehead atoms. The normalized spacial score (nSPS) is 11.1. The molecule has 0 spiro atoms. The third-order valence-electron chi connectivity index (χ3n) is 4.80. The van der Waals surface area contributed by atoms with Crippen LogP contribution >= 0.6 is 11.6 Å². The summed E-state index contributed by atoms with van der Waals surface area (Å²) in [6, 6.07) is 11.7. The average molecular weight is 430 g/mol. The van der Waals surface area contributed by atoms with Crippen LogP contribution in [-0.4, -0.2) is 22.2 Å². The SMILES string of the molecule is COc1ccc(NC(=O)Cn2c(=O)n(CCC(C)C)c(=O)c3ccccc32)cc1Cl. The molecule has 30 heavy (non-hydrogen) atoms. The minimum atomic E-state index is -0.498. The molecule has 0 saturated carbocycles. The van der Waals surface area contributed by atoms with Crippen LogP contribution in [0.15, 0.2) is 52.1 Å². The van der Waals surface area contributed by atoms with Gasteiger partial charge >= 0.3 is 5.69 Å². The van der Waals surface area contributed by atoms with E-state index in [0.29, 0.717) is 46.2 Å². The molecule has 0 aliphatic carbocycles. The number of aromatic nitrogens is 2. The molecule has 0 atom stereocenters. The Hall–Kier alpha value is -3.06. The summed E-state index contributed by atoms with van der Waals surface area (Å²) in [4.78, 5) is 38.5. The lowest BCUT2D eigenvalue weighted by molar-refractivity contribution is -0.116. The number of fused-ring (bicyclic) bond motifs is 1. The molecule has 0 saturated heterocycles. The van der Waals surface area contributed by atoms with Crippen LogP contribution in [0.4, 0.5) is 5.69 Å². The minimum absolute atomic E-state index is 0.231. The van der Waals surface area contributed by atoms with Gasteiger partial charge in [-0.05, 0) is 42.7 Å². The van der Waals surface area contributed by atoms with E-state index >= 15 is 0 Å². The molecule has 158 valence electrons. The highest BCUT2D eigenvalue weighted by Crippen LogP contribution is 2.27. The van der Waals surface area contributed by atoms with Crippen LogP contribution in [-0.2, 0) is 17.9 Å². The van der Waals surface area contributed by atoms with Crippen molar-refractivity contribution in [3.8, 4) is 5.75 Å². The van der Waals surface area contributed by atoms with Crippen LogP contribution in [0.2, 0.25) is 5.02 Å². The summed E-state index contributed by atoms with van der Waals surface area (Å²) < 4.78 is 7.65. The van der Waals surface area contributed by atoms with Crippen molar-refractivity contribution in [2.24, 2.45) is 5.92 Å². The van der Waals surface area contributed by atoms with E-state index in [0.717, 1.165) is 0 Å². The van der Waals surface area contributed by atoms with E-state index in [-0.39, 0.29) is 12.1 Å². The summed E-state index contributed by atoms with van der Waals surface area (Å²) in [6.07, 6.45) is 0.685. The van der Waals surface area contributed by atoms with Crippen LogP contribution in [0.5, 0.6) is 5.75 Å². The van der Waals surface area contributed by atoms with Gasteiger partial charge in [-0.3, -0.25) is 18.7 Å². The third-order valence-corrected chi connectivity index (χ3v) is 5.09. The van der Waals surface area contributed by atoms with Crippen molar-refractivity contribution >= 4 is 34.1 Å². The van der Waals surface area contributed by atoms with E-state index < -0.39 is 11.6 Å². The van der Waals surface area contributed by atoms with Crippen molar-refractivity contribution in [3.05, 3.63) is 68.3 Å². The molecule has 1 heterocycles. The maximum atomic E-state index is 13.1. The number of para-hydroxylation sites is 1. The lowest BCUT2D eigenvalue weighted by atomic mass is 10.1. The number of anilines is 1. The monoisotopic (exact) mass is 429 g/mol. The van der Waals surface area contributed by atoms with Gasteiger partial charge < -0.3 is 10.1 Å². The number of hydrogen-bond acceptors (Lipinski definition) is 4. The van der Waals surface area contributed by atoms with Crippen molar-refractivity contribution < 1.29 is 9.53 Å². The van der Waals surface area contributed by atoms with Gasteiger partial charge in [0.25, 0.3) is 5.56 Å². The Morgan fingerprint density at radius 3 is 2.53 bits per heavy atom. The van der Waals surface area contributed by atoms with Crippen LogP contribution in [0, 0.1) is 5.92 Å². The van der Waals surface area contributed by atoms with E-state index in [1.165, 1.54) is 16.2 Å². The van der Waals surface area contributed by atoms with Crippen LogP contribution < -0.4 is 21.3 Å². The van der Waals surface area contributed by atoms with Crippen molar-refractivity contribution in [3.63, 3.8) is 0 Å². The molecular formula is C22H24ClN3O4. The van der Waals surface area contributed by atoms with Crippen molar-refractivity contribution in [1.29, 1.82) is 0 Å². The second-order valence-corrected chi connectivity index (χ2v) is 7.83. The fraction of sp³-hybridized carbons (Fsp3) is 0.318. The Morgan fingerprint density at radius 1 is 1.13 bits per heavy atom. The maximum Gasteiger partial charge on any atom is 0.331 e. The first kappa shape index (κ1) is 21.6. The van der Waals surface area contributed by atoms with Gasteiger partial charge in [0.15, 0.2) is 0 Å². The van der Waals surface area contributed by atoms with E-state index in [4.69, 9.17) is 16.3 Å². The molecule has 3 aromatic rings. The number of halogens is 1. The quantitative estimate of drug-likeness (QED) is 0.623. The number of methoxy groups -OCH3 is 1. The topological polar surface area (TPSA) is 82.3 Å². The lowest BCUT2D eigenvalue weighted by Crippen LogP contribution is -2.42. The fourth-order valence-electron chi connectivity index (χ4n) is 3.20. The molecule has 8 heteroatoms. The molecule has 1 aromatic heterocycles. The van der Waals surface area contributed by atoms with Gasteiger partial charge in [-0.2, -0.15) is 0 Å². The first-order chi connectivity index (χ1) is 14.3. The van der Waals surface area contributed by atoms with Crippen LogP contribution in [0.3, 0.4) is 0 Å². The van der Waals surface area contributed by atoms with Gasteiger partial charge in [-0.15, -0.1) is 0 Å². The average Bonchev–Trinajstić information content (AvgIpc) is 2.71. The van der Waals surface area contributed by atoms with Crippen molar-refractivity contribution in [2.45, 2.75) is 33.4 Å². The zero-order valence-corrected chi connectivity index (χ0v) is 17.9. The van der Waals surface area contributed by atoms with Crippen molar-refractivity contribution in [2.75, 3.05) is 12.4 Å². The summed E-state index contributed by atoms with van der Waals surface area (Å²) in [5.74, 6) is 0.422. The minimum Gasteiger partial charge on any atom is -0.495 e. The molecule has 1 amide bonds. The largest absolute Gasteiger partial charge is 0.495 e. The molecule has 3 rings (SSSR count). The predicted molar refractivity (Wildman–Crippen MR) is 119 cm³/mol. The molecule has 0 fully saturated rings. The Bertz CT molecular complexity index is 1200. The summed E-state index contributed by atoms with van der Waals surface area (Å²) in [5.41, 5.74) is 0.0737. The number of amides is 1. The fourth-order valence-corrected chi connectivity index (χ4v) is 3.45. The molecular weight excluding hydrogens is 406 g/mol. The standard InChI is InChI=1S/C22H24ClN3O4/c1-14(2)10-11-25-21(28)16-6-4-5-7-18(16)26(22(25)29)13-20(27)24-15-8-9-19(30-3)17(23)12-15/h4-9,12,14H,10-11,13H2,1-3H3,(H,24,27). The number of hydrogen-bond donors (Lipinski definition) is 1. The molecule has 0 aliphatic rings. The summed E-state index contributed by atoms with van der Waals surface area (Å²) in [7, 11) is 1.51. The zero-order valence-electron chi connectivity index (χ0n) is 17.1. The van der Waals surface area contributed by atoms with Gasteiger partial charge in [0.2, 0.25) is 5.91 Å². The highest BCUT2D eigenvalue weighted by molar-refractivity contribution is 6.32. The number of carbonyl (C=O) groups excluding carboxylic acids is 1. The number of benzene rings is 2. The Morgan fingerprint density at radius 2 is 1.87 bits per heavy atom. The number of nitrogens with one attached hydrogen (secondary N) is 1. The second kappa shape index (κ2) is 9.17. The number of rotatable bonds is 7. The molecule has 0 radical (unpaired) electrons. The molecule has 2 aromatic carbocycles. The molecule has 1 N–H and O–H groups in total. The molecule has 0 unspecified atom stereocenters. The zero-order chi connectivity index (χ0) is 21.8. The van der Waals surface area contributed by atoms with Gasteiger partial charge in [0.1, 0.15) is 12.3 Å². The van der Waals surface area contributed by atoms with E-state index in [2.05, 4.69) is 5.32 Å². The highest BCUT2D eigenvalue weighted by atomic mass is 35.5. The Kier molecular flexibility index (Phi) is 6.62. The van der Waals surface area contributed by atoms with Gasteiger partial charge in [0, 0.05) is 12.2 Å². The van der Waals surface area contributed by atoms with E-state index in [1.54, 1.807) is 42.5 Å². The van der Waals surface area contributed by atoms with Gasteiger partial charge in [-0.25, -0.2) is 4.79 Å². The van der Waals surface area contributed by atoms with Gasteiger partial charge in [0.05, 0.1) is 23.0 Å². The second-order valence-electron chi connectivity index (χ2n) is 7.42. The Balaban J connectivity index is 1.96. The van der Waals surface area contributed by atoms with Crippen LogP contribution in [0.1, 0.15) is 20.3 Å². The van der Waals surface area contributed by atoms with Gasteiger partial charge in [-0.1, -0.05) is 37.6 Å². The van der Waals surface area contributed by atoms with E-state index in [1.807, 2.05) is 13.8 Å². The lowest BCUT2D eigenvalue weighted by Gasteiger charge is -2.15. The summed E-state index contributed by atoms with van der Waals surface area (Å²) >= 11 is 6.11. The highest BCUT2D eigenvalue weighted by Gasteiger charge is 2.16. The summed E-state index contributed by atoms with van der Waals surface area (Å²) in [6.45, 7) is 4.12. The number of ether oxygens (including phenoxy) is 1. The molecule has 7 nitrogen and oxygen atoms in total. The summed E-state index contributed by atoms with van der Waals surface area (Å²) in [5, 5.41) is 3.50. The Labute approximate surface area is 178 Å². The first-order valence-corrected chi connectivity index (χ1v) is 10.1. The van der Waals surface area contributed by atoms with Crippen LogP contribution in [0.25, 0.3) is 10.9 Å². The van der Waals surface area contributed by atoms with Crippen molar-refractivity contribution in [1.82, 2.24) is 9.13 Å². The molecule has 0 aliphatic heterocycles. The smallest absolute Gasteiger partial charge is 0.331 e. The first-order valence-electron chi connectivity index (χ1n) is 9.67.